The van der Waals surface area contributed by atoms with Crippen LogP contribution in [0.5, 0.6) is 0 Å². The standard InChI is InChI=1S/C20H34N4O/c1-15-10-16(2)12-19(11-15)6-7-22-20(21-5)23-13-17(3)24-8-9-25-14-18(24)4/h10-12,17-18H,6-9,13-14H2,1-5H3,(H2,21,22,23). The van der Waals surface area contributed by atoms with Crippen LogP contribution >= 0.6 is 0 Å². The zero-order chi connectivity index (χ0) is 18.2. The maximum atomic E-state index is 5.52. The van der Waals surface area contributed by atoms with Gasteiger partial charge in [-0.2, -0.15) is 0 Å². The van der Waals surface area contributed by atoms with Gasteiger partial charge in [-0.05, 0) is 39.7 Å². The fraction of sp³-hybridized carbons (Fsp3) is 0.650. The Balaban J connectivity index is 1.74. The Labute approximate surface area is 152 Å². The molecule has 1 aromatic rings. The minimum atomic E-state index is 0.455. The first-order chi connectivity index (χ1) is 12.0. The van der Waals surface area contributed by atoms with Gasteiger partial charge in [0.2, 0.25) is 0 Å². The number of hydrogen-bond acceptors (Lipinski definition) is 3. The van der Waals surface area contributed by atoms with Gasteiger partial charge >= 0.3 is 0 Å². The number of aryl methyl sites for hydroxylation is 2. The van der Waals surface area contributed by atoms with E-state index in [1.54, 1.807) is 0 Å². The molecular formula is C20H34N4O. The molecule has 1 aromatic carbocycles. The number of morpholine rings is 1. The second kappa shape index (κ2) is 9.78. The molecule has 1 heterocycles. The van der Waals surface area contributed by atoms with E-state index in [9.17, 15) is 0 Å². The van der Waals surface area contributed by atoms with Crippen molar-refractivity contribution in [3.8, 4) is 0 Å². The summed E-state index contributed by atoms with van der Waals surface area (Å²) in [6, 6.07) is 7.66. The Bertz CT molecular complexity index is 553. The molecule has 0 aliphatic carbocycles. The van der Waals surface area contributed by atoms with Gasteiger partial charge in [-0.1, -0.05) is 29.3 Å². The highest BCUT2D eigenvalue weighted by Gasteiger charge is 2.23. The lowest BCUT2D eigenvalue weighted by molar-refractivity contribution is -0.0174. The van der Waals surface area contributed by atoms with Crippen molar-refractivity contribution in [1.82, 2.24) is 15.5 Å². The quantitative estimate of drug-likeness (QED) is 0.612. The predicted molar refractivity (Wildman–Crippen MR) is 105 cm³/mol. The lowest BCUT2D eigenvalue weighted by atomic mass is 10.1. The molecule has 0 saturated carbocycles. The lowest BCUT2D eigenvalue weighted by Gasteiger charge is -2.38. The Morgan fingerprint density at radius 1 is 1.28 bits per heavy atom. The molecular weight excluding hydrogens is 312 g/mol. The van der Waals surface area contributed by atoms with Crippen molar-refractivity contribution in [3.05, 3.63) is 34.9 Å². The first-order valence-electron chi connectivity index (χ1n) is 9.34. The van der Waals surface area contributed by atoms with Crippen LogP contribution in [0.1, 0.15) is 30.5 Å². The second-order valence-electron chi connectivity index (χ2n) is 7.14. The van der Waals surface area contributed by atoms with E-state index in [4.69, 9.17) is 4.74 Å². The summed E-state index contributed by atoms with van der Waals surface area (Å²) in [5, 5.41) is 6.87. The van der Waals surface area contributed by atoms with E-state index in [0.29, 0.717) is 12.1 Å². The molecule has 0 spiro atoms. The number of nitrogens with one attached hydrogen (secondary N) is 2. The van der Waals surface area contributed by atoms with E-state index in [0.717, 1.165) is 45.2 Å². The van der Waals surface area contributed by atoms with E-state index >= 15 is 0 Å². The van der Waals surface area contributed by atoms with Gasteiger partial charge in [0.05, 0.1) is 13.2 Å². The molecule has 1 aliphatic heterocycles. The summed E-state index contributed by atoms with van der Waals surface area (Å²) >= 11 is 0. The molecule has 2 atom stereocenters. The van der Waals surface area contributed by atoms with Crippen LogP contribution in [0, 0.1) is 13.8 Å². The molecule has 1 fully saturated rings. The maximum Gasteiger partial charge on any atom is 0.191 e. The van der Waals surface area contributed by atoms with Gasteiger partial charge in [0.15, 0.2) is 5.96 Å². The number of nitrogens with zero attached hydrogens (tertiary/aromatic N) is 2. The summed E-state index contributed by atoms with van der Waals surface area (Å²) in [7, 11) is 1.83. The molecule has 2 N–H and O–H groups in total. The highest BCUT2D eigenvalue weighted by molar-refractivity contribution is 5.79. The molecule has 5 heteroatoms. The van der Waals surface area contributed by atoms with Gasteiger partial charge < -0.3 is 15.4 Å². The van der Waals surface area contributed by atoms with Crippen LogP contribution in [0.15, 0.2) is 23.2 Å². The molecule has 1 aliphatic rings. The van der Waals surface area contributed by atoms with Crippen LogP contribution in [0.3, 0.4) is 0 Å². The van der Waals surface area contributed by atoms with Crippen LogP contribution in [0.25, 0.3) is 0 Å². The lowest BCUT2D eigenvalue weighted by Crippen LogP contribution is -2.53. The van der Waals surface area contributed by atoms with Crippen molar-refractivity contribution < 1.29 is 4.74 Å². The topological polar surface area (TPSA) is 48.9 Å². The van der Waals surface area contributed by atoms with Crippen molar-refractivity contribution in [1.29, 1.82) is 0 Å². The van der Waals surface area contributed by atoms with E-state index in [1.807, 2.05) is 7.05 Å². The Morgan fingerprint density at radius 3 is 2.64 bits per heavy atom. The number of aliphatic imine (C=N–C) groups is 1. The summed E-state index contributed by atoms with van der Waals surface area (Å²) in [5.74, 6) is 0.872. The van der Waals surface area contributed by atoms with Gasteiger partial charge in [-0.25, -0.2) is 0 Å². The highest BCUT2D eigenvalue weighted by Crippen LogP contribution is 2.10. The summed E-state index contributed by atoms with van der Waals surface area (Å²) in [4.78, 5) is 6.84. The molecule has 2 unspecified atom stereocenters. The Hall–Kier alpha value is -1.59. The van der Waals surface area contributed by atoms with Gasteiger partial charge in [-0.15, -0.1) is 0 Å². The molecule has 5 nitrogen and oxygen atoms in total. The van der Waals surface area contributed by atoms with E-state index in [1.165, 1.54) is 16.7 Å². The molecule has 25 heavy (non-hydrogen) atoms. The van der Waals surface area contributed by atoms with E-state index in [-0.39, 0.29) is 0 Å². The van der Waals surface area contributed by atoms with Gasteiger partial charge in [0.25, 0.3) is 0 Å². The number of guanidine groups is 1. The summed E-state index contributed by atoms with van der Waals surface area (Å²) < 4.78 is 5.52. The largest absolute Gasteiger partial charge is 0.379 e. The average molecular weight is 347 g/mol. The third-order valence-corrected chi connectivity index (χ3v) is 4.76. The molecule has 0 bridgehead atoms. The number of benzene rings is 1. The molecule has 2 rings (SSSR count). The monoisotopic (exact) mass is 346 g/mol. The Kier molecular flexibility index (Phi) is 7.72. The molecule has 0 amide bonds. The molecule has 140 valence electrons. The second-order valence-corrected chi connectivity index (χ2v) is 7.14. The van der Waals surface area contributed by atoms with Crippen molar-refractivity contribution >= 4 is 5.96 Å². The van der Waals surface area contributed by atoms with Crippen LogP contribution in [-0.4, -0.2) is 62.8 Å². The van der Waals surface area contributed by atoms with Gasteiger partial charge in [0, 0.05) is 38.8 Å². The van der Waals surface area contributed by atoms with Crippen LogP contribution in [0.2, 0.25) is 0 Å². The summed E-state index contributed by atoms with van der Waals surface area (Å²) in [5.41, 5.74) is 4.02. The third kappa shape index (κ3) is 6.33. The molecule has 0 radical (unpaired) electrons. The third-order valence-electron chi connectivity index (χ3n) is 4.76. The van der Waals surface area contributed by atoms with E-state index < -0.39 is 0 Å². The zero-order valence-electron chi connectivity index (χ0n) is 16.4. The van der Waals surface area contributed by atoms with Crippen LogP contribution in [0.4, 0.5) is 0 Å². The maximum absolute atomic E-state index is 5.52. The van der Waals surface area contributed by atoms with Gasteiger partial charge in [0.1, 0.15) is 0 Å². The molecule has 0 aromatic heterocycles. The van der Waals surface area contributed by atoms with Crippen molar-refractivity contribution in [3.63, 3.8) is 0 Å². The highest BCUT2D eigenvalue weighted by atomic mass is 16.5. The summed E-state index contributed by atoms with van der Waals surface area (Å²) in [6.07, 6.45) is 0.999. The Morgan fingerprint density at radius 2 is 2.00 bits per heavy atom. The number of hydrogen-bond donors (Lipinski definition) is 2. The minimum absolute atomic E-state index is 0.455. The summed E-state index contributed by atoms with van der Waals surface area (Å²) in [6.45, 7) is 13.2. The fourth-order valence-corrected chi connectivity index (χ4v) is 3.52. The van der Waals surface area contributed by atoms with Gasteiger partial charge in [-0.3, -0.25) is 9.89 Å². The SMILES string of the molecule is CN=C(NCCc1cc(C)cc(C)c1)NCC(C)N1CCOCC1C. The smallest absolute Gasteiger partial charge is 0.191 e. The number of ether oxygens (including phenoxy) is 1. The fourth-order valence-electron chi connectivity index (χ4n) is 3.52. The first kappa shape index (κ1) is 19.7. The van der Waals surface area contributed by atoms with E-state index in [2.05, 4.69) is 66.4 Å². The van der Waals surface area contributed by atoms with Crippen LogP contribution in [-0.2, 0) is 11.2 Å². The van der Waals surface area contributed by atoms with Crippen molar-refractivity contribution in [2.75, 3.05) is 39.9 Å². The minimum Gasteiger partial charge on any atom is -0.379 e. The average Bonchev–Trinajstić information content (AvgIpc) is 2.57. The molecule has 1 saturated heterocycles. The predicted octanol–water partition coefficient (Wildman–Crippen LogP) is 2.12. The zero-order valence-corrected chi connectivity index (χ0v) is 16.4. The first-order valence-corrected chi connectivity index (χ1v) is 9.34. The van der Waals surface area contributed by atoms with Crippen molar-refractivity contribution in [2.45, 2.75) is 46.2 Å². The van der Waals surface area contributed by atoms with Crippen LogP contribution < -0.4 is 10.6 Å². The normalized spacial score (nSPS) is 20.4. The number of rotatable bonds is 6. The van der Waals surface area contributed by atoms with Crippen molar-refractivity contribution in [2.24, 2.45) is 4.99 Å².